The van der Waals surface area contributed by atoms with Crippen LogP contribution in [-0.2, 0) is 0 Å². The van der Waals surface area contributed by atoms with Crippen LogP contribution in [0.2, 0.25) is 0 Å². The van der Waals surface area contributed by atoms with E-state index in [-0.39, 0.29) is 23.5 Å². The first kappa shape index (κ1) is 38.8. The highest BCUT2D eigenvalue weighted by molar-refractivity contribution is 7.81. The van der Waals surface area contributed by atoms with E-state index in [2.05, 4.69) is 0 Å². The summed E-state index contributed by atoms with van der Waals surface area (Å²) in [6.07, 6.45) is -5.53. The topological polar surface area (TPSA) is 0 Å². The van der Waals surface area contributed by atoms with Crippen molar-refractivity contribution >= 4 is 12.6 Å². The molecule has 0 aliphatic rings. The van der Waals surface area contributed by atoms with Gasteiger partial charge in [-0.1, -0.05) is 12.6 Å². The first-order chi connectivity index (χ1) is 3.25. The highest BCUT2D eigenvalue weighted by Crippen LogP contribution is 2.37. The largest absolute Gasteiger partial charge is 1.00 e. The lowest BCUT2D eigenvalue weighted by atomic mass is 10.7. The maximum Gasteiger partial charge on any atom is 0.463 e. The Morgan fingerprint density at radius 2 is 0.692 bits per heavy atom. The van der Waals surface area contributed by atoms with E-state index < -0.39 is 11.4 Å². The first-order valence-electron chi connectivity index (χ1n) is 1.42. The quantitative estimate of drug-likeness (QED) is 0.319. The van der Waals surface area contributed by atoms with Gasteiger partial charge >= 0.3 is 11.4 Å². The van der Waals surface area contributed by atoms with Gasteiger partial charge in [-0.2, -0.15) is 22.0 Å². The van der Waals surface area contributed by atoms with Crippen LogP contribution >= 0.6 is 12.6 Å². The molecule has 0 rings (SSSR count). The normalized spacial score (nSPS) is 8.77. The van der Waals surface area contributed by atoms with Gasteiger partial charge in [0.15, 0.2) is 0 Å². The third kappa shape index (κ3) is 14.5. The molecule has 0 unspecified atom stereocenters. The average Bonchev–Trinajstić information content (AvgIpc) is 1.25. The van der Waals surface area contributed by atoms with Crippen molar-refractivity contribution in [3.8, 4) is 0 Å². The van der Waals surface area contributed by atoms with E-state index in [1.54, 1.807) is 0 Å². The van der Waals surface area contributed by atoms with Crippen molar-refractivity contribution in [2.24, 2.45) is 0 Å². The van der Waals surface area contributed by atoms with E-state index in [1.807, 2.05) is 12.6 Å². The predicted molar refractivity (Wildman–Crippen MR) is 20.0 cm³/mol. The van der Waals surface area contributed by atoms with Gasteiger partial charge in [0.1, 0.15) is 0 Å². The van der Waals surface area contributed by atoms with Crippen LogP contribution in [0.3, 0.4) is 0 Å². The lowest BCUT2D eigenvalue weighted by Crippen LogP contribution is -3.00. The van der Waals surface area contributed by atoms with Crippen molar-refractivity contribution in [1.29, 1.82) is 0 Å². The second-order valence-corrected chi connectivity index (χ2v) is 1.60. The van der Waals surface area contributed by atoms with Crippen molar-refractivity contribution in [3.05, 3.63) is 0 Å². The van der Waals surface area contributed by atoms with Crippen LogP contribution in [0.5, 0.6) is 0 Å². The van der Waals surface area contributed by atoms with E-state index in [4.69, 9.17) is 0 Å². The fourth-order valence-corrected chi connectivity index (χ4v) is 0. The van der Waals surface area contributed by atoms with Crippen LogP contribution in [0.4, 0.5) is 22.0 Å². The molecule has 90 valence electrons. The van der Waals surface area contributed by atoms with Gasteiger partial charge in [0, 0.05) is 0 Å². The maximum atomic E-state index is 11.0. The molecule has 0 aromatic heterocycles. The van der Waals surface area contributed by atoms with E-state index in [1.165, 1.54) is 0 Å². The SMILES string of the molecule is FC(F)(F)C(F)(F)S.[F-].[F-].[F-].[F-].[F-]. The Hall–Kier alpha value is -0.350. The van der Waals surface area contributed by atoms with Crippen LogP contribution < -0.4 is 23.5 Å². The molecule has 0 aromatic carbocycles. The molecule has 0 amide bonds. The molecule has 0 heterocycles. The standard InChI is InChI=1S/C2HF5S.5FH/c3-1(4,5)2(6,7)8;;;;;/h8H;5*1H/p-5. The Kier molecular flexibility index (Phi) is 29.1. The van der Waals surface area contributed by atoms with E-state index in [0.717, 1.165) is 0 Å². The number of halogens is 10. The van der Waals surface area contributed by atoms with E-state index in [0.29, 0.717) is 0 Å². The molecule has 11 heteroatoms. The molecule has 0 aliphatic carbocycles. The Bertz CT molecular complexity index is 67.9. The molecule has 0 fully saturated rings. The highest BCUT2D eigenvalue weighted by Gasteiger charge is 2.54. The number of hydrogen-bond donors (Lipinski definition) is 1. The maximum absolute atomic E-state index is 11.0. The second kappa shape index (κ2) is 9.74. The summed E-state index contributed by atoms with van der Waals surface area (Å²) in [7, 11) is 0. The number of thiol groups is 1. The summed E-state index contributed by atoms with van der Waals surface area (Å²) in [6, 6.07) is 0. The number of rotatable bonds is 0. The van der Waals surface area contributed by atoms with Crippen LogP contribution in [-0.4, -0.2) is 11.4 Å². The fraction of sp³-hybridized carbons (Fsp3) is 1.00. The van der Waals surface area contributed by atoms with Gasteiger partial charge in [0.25, 0.3) is 0 Å². The molecular formula is C2HF10S-5. The number of alkyl halides is 5. The van der Waals surface area contributed by atoms with Gasteiger partial charge < -0.3 is 23.5 Å². The summed E-state index contributed by atoms with van der Waals surface area (Å²) < 4.78 is 54.1. The first-order valence-corrected chi connectivity index (χ1v) is 1.87. The Morgan fingerprint density at radius 3 is 0.692 bits per heavy atom. The third-order valence-electron chi connectivity index (χ3n) is 0.341. The lowest BCUT2D eigenvalue weighted by Gasteiger charge is -2.11. The molecule has 13 heavy (non-hydrogen) atoms. The van der Waals surface area contributed by atoms with Gasteiger partial charge in [-0.3, -0.25) is 0 Å². The molecule has 0 aliphatic heterocycles. The van der Waals surface area contributed by atoms with Crippen molar-refractivity contribution in [3.63, 3.8) is 0 Å². The minimum atomic E-state index is -5.53. The van der Waals surface area contributed by atoms with Gasteiger partial charge in [0.05, 0.1) is 0 Å². The van der Waals surface area contributed by atoms with Crippen molar-refractivity contribution in [2.75, 3.05) is 0 Å². The molecule has 0 spiro atoms. The van der Waals surface area contributed by atoms with Crippen molar-refractivity contribution < 1.29 is 45.5 Å². The van der Waals surface area contributed by atoms with Crippen molar-refractivity contribution in [2.45, 2.75) is 11.4 Å². The zero-order chi connectivity index (χ0) is 7.00. The summed E-state index contributed by atoms with van der Waals surface area (Å²) in [6.45, 7) is 0. The molecule has 0 radical (unpaired) electrons. The zero-order valence-corrected chi connectivity index (χ0v) is 6.12. The fourth-order valence-electron chi connectivity index (χ4n) is 0. The van der Waals surface area contributed by atoms with Crippen LogP contribution in [0.15, 0.2) is 0 Å². The summed E-state index contributed by atoms with van der Waals surface area (Å²) in [4.78, 5) is 0. The van der Waals surface area contributed by atoms with Crippen LogP contribution in [0.25, 0.3) is 0 Å². The van der Waals surface area contributed by atoms with Crippen LogP contribution in [0, 0.1) is 0 Å². The highest BCUT2D eigenvalue weighted by atomic mass is 32.1. The number of hydrogen-bond acceptors (Lipinski definition) is 1. The second-order valence-electron chi connectivity index (χ2n) is 1.04. The molecule has 0 atom stereocenters. The molecule has 0 N–H and O–H groups in total. The Labute approximate surface area is 70.7 Å². The third-order valence-corrected chi connectivity index (χ3v) is 0.595. The minimum Gasteiger partial charge on any atom is -1.00 e. The smallest absolute Gasteiger partial charge is 0.463 e. The molecule has 0 saturated carbocycles. The van der Waals surface area contributed by atoms with Crippen molar-refractivity contribution in [1.82, 2.24) is 0 Å². The predicted octanol–water partition coefficient (Wildman–Crippen LogP) is -12.9. The lowest BCUT2D eigenvalue weighted by molar-refractivity contribution is -0.236. The summed E-state index contributed by atoms with van der Waals surface area (Å²) in [5.74, 6) is 0. The van der Waals surface area contributed by atoms with Gasteiger partial charge in [-0.25, -0.2) is 0 Å². The summed E-state index contributed by atoms with van der Waals surface area (Å²) in [5, 5.41) is -4.87. The Morgan fingerprint density at radius 1 is 0.615 bits per heavy atom. The van der Waals surface area contributed by atoms with Gasteiger partial charge in [-0.05, 0) is 0 Å². The summed E-state index contributed by atoms with van der Waals surface area (Å²) >= 11 is 1.98. The van der Waals surface area contributed by atoms with E-state index in [9.17, 15) is 22.0 Å². The molecule has 0 saturated heterocycles. The molecule has 0 nitrogen and oxygen atoms in total. The zero-order valence-electron chi connectivity index (χ0n) is 5.23. The monoisotopic (exact) mass is 247 g/mol. The minimum absolute atomic E-state index is 0. The molecular weight excluding hydrogens is 246 g/mol. The average molecular weight is 247 g/mol. The van der Waals surface area contributed by atoms with E-state index >= 15 is 0 Å². The van der Waals surface area contributed by atoms with Gasteiger partial charge in [-0.15, -0.1) is 0 Å². The summed E-state index contributed by atoms with van der Waals surface area (Å²) in [5.41, 5.74) is 0. The van der Waals surface area contributed by atoms with Gasteiger partial charge in [0.2, 0.25) is 0 Å². The van der Waals surface area contributed by atoms with Crippen LogP contribution in [0.1, 0.15) is 0 Å². The Balaban J connectivity index is -0.0000000245. The molecule has 0 aromatic rings. The molecule has 0 bridgehead atoms.